The number of halogens is 1. The van der Waals surface area contributed by atoms with Crippen LogP contribution in [-0.4, -0.2) is 27.1 Å². The maximum absolute atomic E-state index is 9.14. The standard InChI is InChI=1S/C11H16ClN3OS/c1-3-8(5-16)13-4-9-10(12)14-11-15(9)7(2)6-17-11/h6,8,13,16H,3-5H2,1-2H3. The zero-order valence-electron chi connectivity index (χ0n) is 9.90. The Morgan fingerprint density at radius 1 is 1.65 bits per heavy atom. The van der Waals surface area contributed by atoms with E-state index in [1.807, 2.05) is 13.8 Å². The van der Waals surface area contributed by atoms with Crippen LogP contribution < -0.4 is 5.32 Å². The molecule has 0 aliphatic heterocycles. The topological polar surface area (TPSA) is 49.6 Å². The number of aryl methyl sites for hydroxylation is 1. The van der Waals surface area contributed by atoms with E-state index in [4.69, 9.17) is 16.7 Å². The summed E-state index contributed by atoms with van der Waals surface area (Å²) in [4.78, 5) is 5.23. The van der Waals surface area contributed by atoms with Crippen LogP contribution >= 0.6 is 22.9 Å². The summed E-state index contributed by atoms with van der Waals surface area (Å²) in [5, 5.41) is 15.0. The van der Waals surface area contributed by atoms with Crippen LogP contribution in [0.1, 0.15) is 24.7 Å². The summed E-state index contributed by atoms with van der Waals surface area (Å²) in [5.74, 6) is 0. The number of nitrogens with one attached hydrogen (secondary N) is 1. The summed E-state index contributed by atoms with van der Waals surface area (Å²) >= 11 is 7.71. The van der Waals surface area contributed by atoms with Gasteiger partial charge < -0.3 is 10.4 Å². The lowest BCUT2D eigenvalue weighted by molar-refractivity contribution is 0.238. The number of aliphatic hydroxyl groups excluding tert-OH is 1. The van der Waals surface area contributed by atoms with Gasteiger partial charge in [0, 0.05) is 23.7 Å². The number of fused-ring (bicyclic) bond motifs is 1. The lowest BCUT2D eigenvalue weighted by Crippen LogP contribution is -2.31. The van der Waals surface area contributed by atoms with Crippen LogP contribution in [0.5, 0.6) is 0 Å². The van der Waals surface area contributed by atoms with Crippen molar-refractivity contribution in [3.8, 4) is 0 Å². The highest BCUT2D eigenvalue weighted by atomic mass is 35.5. The largest absolute Gasteiger partial charge is 0.395 e. The lowest BCUT2D eigenvalue weighted by atomic mass is 10.2. The van der Waals surface area contributed by atoms with Gasteiger partial charge in [-0.05, 0) is 13.3 Å². The first-order chi connectivity index (χ1) is 8.17. The average Bonchev–Trinajstić information content (AvgIpc) is 2.81. The zero-order chi connectivity index (χ0) is 12.4. The molecule has 2 aromatic rings. The third-order valence-electron chi connectivity index (χ3n) is 2.85. The number of rotatable bonds is 5. The van der Waals surface area contributed by atoms with Gasteiger partial charge in [-0.25, -0.2) is 4.98 Å². The van der Waals surface area contributed by atoms with Crippen molar-refractivity contribution in [1.82, 2.24) is 14.7 Å². The first-order valence-electron chi connectivity index (χ1n) is 5.62. The number of aliphatic hydroxyl groups is 1. The molecular formula is C11H16ClN3OS. The molecule has 0 radical (unpaired) electrons. The van der Waals surface area contributed by atoms with Gasteiger partial charge in [-0.15, -0.1) is 11.3 Å². The van der Waals surface area contributed by atoms with E-state index in [2.05, 4.69) is 20.1 Å². The summed E-state index contributed by atoms with van der Waals surface area (Å²) in [7, 11) is 0. The predicted octanol–water partition coefficient (Wildman–Crippen LogP) is 2.22. The molecule has 0 spiro atoms. The minimum Gasteiger partial charge on any atom is -0.395 e. The van der Waals surface area contributed by atoms with E-state index in [-0.39, 0.29) is 12.6 Å². The second-order valence-electron chi connectivity index (χ2n) is 4.01. The van der Waals surface area contributed by atoms with Crippen LogP contribution in [-0.2, 0) is 6.54 Å². The molecule has 4 nitrogen and oxygen atoms in total. The van der Waals surface area contributed by atoms with Crippen molar-refractivity contribution < 1.29 is 5.11 Å². The molecule has 2 N–H and O–H groups in total. The smallest absolute Gasteiger partial charge is 0.195 e. The number of hydrogen-bond donors (Lipinski definition) is 2. The highest BCUT2D eigenvalue weighted by molar-refractivity contribution is 7.15. The van der Waals surface area contributed by atoms with Crippen molar-refractivity contribution in [2.24, 2.45) is 0 Å². The Labute approximate surface area is 109 Å². The van der Waals surface area contributed by atoms with E-state index >= 15 is 0 Å². The van der Waals surface area contributed by atoms with Crippen molar-refractivity contribution >= 4 is 27.9 Å². The molecule has 0 aliphatic carbocycles. The van der Waals surface area contributed by atoms with Gasteiger partial charge in [-0.3, -0.25) is 4.40 Å². The minimum atomic E-state index is 0.107. The van der Waals surface area contributed by atoms with Gasteiger partial charge in [0.1, 0.15) is 0 Å². The Morgan fingerprint density at radius 2 is 2.41 bits per heavy atom. The SMILES string of the molecule is CCC(CO)NCc1c(Cl)nc2scc(C)n12. The molecule has 6 heteroatoms. The summed E-state index contributed by atoms with van der Waals surface area (Å²) in [6.45, 7) is 4.83. The molecule has 17 heavy (non-hydrogen) atoms. The van der Waals surface area contributed by atoms with Crippen molar-refractivity contribution in [1.29, 1.82) is 0 Å². The second-order valence-corrected chi connectivity index (χ2v) is 5.21. The van der Waals surface area contributed by atoms with Gasteiger partial charge >= 0.3 is 0 Å². The van der Waals surface area contributed by atoms with E-state index in [1.165, 1.54) is 0 Å². The van der Waals surface area contributed by atoms with Gasteiger partial charge in [0.25, 0.3) is 0 Å². The van der Waals surface area contributed by atoms with Gasteiger partial charge in [0.15, 0.2) is 10.1 Å². The highest BCUT2D eigenvalue weighted by Crippen LogP contribution is 2.23. The molecule has 0 amide bonds. The van der Waals surface area contributed by atoms with Crippen LogP contribution in [0, 0.1) is 6.92 Å². The average molecular weight is 274 g/mol. The third kappa shape index (κ3) is 2.47. The number of nitrogens with zero attached hydrogens (tertiary/aromatic N) is 2. The quantitative estimate of drug-likeness (QED) is 0.878. The Balaban J connectivity index is 2.22. The molecule has 2 rings (SSSR count). The molecule has 94 valence electrons. The van der Waals surface area contributed by atoms with Crippen LogP contribution in [0.2, 0.25) is 5.15 Å². The molecule has 0 saturated heterocycles. The predicted molar refractivity (Wildman–Crippen MR) is 70.8 cm³/mol. The second kappa shape index (κ2) is 5.35. The molecule has 0 bridgehead atoms. The Bertz CT molecular complexity index is 504. The first-order valence-corrected chi connectivity index (χ1v) is 6.88. The van der Waals surface area contributed by atoms with Crippen LogP contribution in [0.4, 0.5) is 0 Å². The highest BCUT2D eigenvalue weighted by Gasteiger charge is 2.14. The fourth-order valence-electron chi connectivity index (χ4n) is 1.77. The van der Waals surface area contributed by atoms with Crippen molar-refractivity contribution in [2.45, 2.75) is 32.9 Å². The van der Waals surface area contributed by atoms with E-state index in [0.717, 1.165) is 22.8 Å². The Morgan fingerprint density at radius 3 is 3.06 bits per heavy atom. The number of imidazole rings is 1. The van der Waals surface area contributed by atoms with E-state index in [1.54, 1.807) is 11.3 Å². The van der Waals surface area contributed by atoms with Gasteiger partial charge in [-0.2, -0.15) is 0 Å². The molecule has 2 heterocycles. The summed E-state index contributed by atoms with van der Waals surface area (Å²) in [5.41, 5.74) is 2.10. The molecule has 0 saturated carbocycles. The third-order valence-corrected chi connectivity index (χ3v) is 4.10. The Kier molecular flexibility index (Phi) is 4.04. The fourth-order valence-corrected chi connectivity index (χ4v) is 2.94. The summed E-state index contributed by atoms with van der Waals surface area (Å²) in [6.07, 6.45) is 0.888. The van der Waals surface area contributed by atoms with Crippen molar-refractivity contribution in [3.05, 3.63) is 21.9 Å². The molecule has 0 aliphatic rings. The van der Waals surface area contributed by atoms with E-state index in [9.17, 15) is 0 Å². The molecule has 1 atom stereocenters. The maximum Gasteiger partial charge on any atom is 0.195 e. The lowest BCUT2D eigenvalue weighted by Gasteiger charge is -2.13. The van der Waals surface area contributed by atoms with Crippen LogP contribution in [0.3, 0.4) is 0 Å². The number of hydrogen-bond acceptors (Lipinski definition) is 4. The number of thiazole rings is 1. The van der Waals surface area contributed by atoms with E-state index < -0.39 is 0 Å². The summed E-state index contributed by atoms with van der Waals surface area (Å²) in [6, 6.07) is 0.107. The number of aromatic nitrogens is 2. The molecule has 0 aromatic carbocycles. The molecule has 0 fully saturated rings. The van der Waals surface area contributed by atoms with E-state index in [0.29, 0.717) is 11.7 Å². The first kappa shape index (κ1) is 12.8. The molecule has 1 unspecified atom stereocenters. The normalized spacial score (nSPS) is 13.4. The van der Waals surface area contributed by atoms with Crippen LogP contribution in [0.15, 0.2) is 5.38 Å². The van der Waals surface area contributed by atoms with Gasteiger partial charge in [0.05, 0.1) is 12.3 Å². The maximum atomic E-state index is 9.14. The van der Waals surface area contributed by atoms with Crippen molar-refractivity contribution in [2.75, 3.05) is 6.61 Å². The molecule has 2 aromatic heterocycles. The minimum absolute atomic E-state index is 0.107. The van der Waals surface area contributed by atoms with Crippen molar-refractivity contribution in [3.63, 3.8) is 0 Å². The van der Waals surface area contributed by atoms with Crippen LogP contribution in [0.25, 0.3) is 4.96 Å². The monoisotopic (exact) mass is 273 g/mol. The Hall–Kier alpha value is -0.620. The zero-order valence-corrected chi connectivity index (χ0v) is 11.5. The van der Waals surface area contributed by atoms with Gasteiger partial charge in [-0.1, -0.05) is 18.5 Å². The summed E-state index contributed by atoms with van der Waals surface area (Å²) < 4.78 is 2.06. The molecular weight excluding hydrogens is 258 g/mol. The fraction of sp³-hybridized carbons (Fsp3) is 0.545. The van der Waals surface area contributed by atoms with Gasteiger partial charge in [0.2, 0.25) is 0 Å².